The maximum atomic E-state index is 14.1. The summed E-state index contributed by atoms with van der Waals surface area (Å²) >= 11 is 0. The van der Waals surface area contributed by atoms with E-state index in [9.17, 15) is 18.4 Å². The highest BCUT2D eigenvalue weighted by Crippen LogP contribution is 2.50. The van der Waals surface area contributed by atoms with Crippen LogP contribution >= 0.6 is 0 Å². The quantitative estimate of drug-likeness (QED) is 0.398. The van der Waals surface area contributed by atoms with Crippen molar-refractivity contribution in [3.8, 4) is 0 Å². The van der Waals surface area contributed by atoms with Gasteiger partial charge in [0.05, 0.1) is 6.04 Å². The van der Waals surface area contributed by atoms with Crippen LogP contribution in [0.4, 0.5) is 8.78 Å². The van der Waals surface area contributed by atoms with Crippen molar-refractivity contribution in [2.45, 2.75) is 84.3 Å². The molecule has 41 heavy (non-hydrogen) atoms. The molecule has 0 aromatic heterocycles. The van der Waals surface area contributed by atoms with Gasteiger partial charge in [0.25, 0.3) is 5.91 Å². The number of carboxylic acid groups (broad SMARTS) is 1. The number of aliphatic carboxylic acids is 1. The first kappa shape index (κ1) is 33.7. The summed E-state index contributed by atoms with van der Waals surface area (Å²) in [6.45, 7) is 10.7. The van der Waals surface area contributed by atoms with Gasteiger partial charge in [-0.3, -0.25) is 14.6 Å². The second-order valence-electron chi connectivity index (χ2n) is 11.2. The number of carboxylic acids is 1. The van der Waals surface area contributed by atoms with Gasteiger partial charge >= 0.3 is 5.97 Å². The number of benzene rings is 2. The van der Waals surface area contributed by atoms with Gasteiger partial charge in [0.2, 0.25) is 0 Å². The van der Waals surface area contributed by atoms with Crippen molar-refractivity contribution in [1.82, 2.24) is 4.90 Å². The summed E-state index contributed by atoms with van der Waals surface area (Å²) in [7, 11) is 1.50. The van der Waals surface area contributed by atoms with Gasteiger partial charge in [0.1, 0.15) is 29.8 Å². The number of carbonyl (C=O) groups excluding carboxylic acids is 2. The third-order valence-corrected chi connectivity index (χ3v) is 8.61. The van der Waals surface area contributed by atoms with E-state index in [1.807, 2.05) is 42.9 Å². The molecule has 1 saturated carbocycles. The first-order valence-electron chi connectivity index (χ1n) is 14.0. The van der Waals surface area contributed by atoms with Crippen LogP contribution in [0.25, 0.3) is 0 Å². The zero-order valence-electron chi connectivity index (χ0n) is 24.8. The number of amides is 1. The van der Waals surface area contributed by atoms with Gasteiger partial charge in [0.15, 0.2) is 0 Å². The highest BCUT2D eigenvalue weighted by Gasteiger charge is 2.52. The van der Waals surface area contributed by atoms with E-state index < -0.39 is 23.3 Å². The van der Waals surface area contributed by atoms with Crippen molar-refractivity contribution >= 4 is 24.4 Å². The molecular formula is C32H43F2N3O4. The Morgan fingerprint density at radius 3 is 2.15 bits per heavy atom. The summed E-state index contributed by atoms with van der Waals surface area (Å²) in [6, 6.07) is 10.5. The summed E-state index contributed by atoms with van der Waals surface area (Å²) in [6.07, 6.45) is 4.77. The van der Waals surface area contributed by atoms with Crippen molar-refractivity contribution in [3.63, 3.8) is 0 Å². The van der Waals surface area contributed by atoms with Gasteiger partial charge in [-0.2, -0.15) is 0 Å². The van der Waals surface area contributed by atoms with Crippen molar-refractivity contribution in [1.29, 1.82) is 0 Å². The third kappa shape index (κ3) is 7.64. The van der Waals surface area contributed by atoms with Crippen LogP contribution in [0.2, 0.25) is 0 Å². The van der Waals surface area contributed by atoms with Crippen LogP contribution < -0.4 is 5.73 Å². The van der Waals surface area contributed by atoms with Crippen molar-refractivity contribution < 1.29 is 28.3 Å². The smallest absolute Gasteiger partial charge is 0.303 e. The monoisotopic (exact) mass is 571 g/mol. The highest BCUT2D eigenvalue weighted by atomic mass is 19.1. The predicted molar refractivity (Wildman–Crippen MR) is 157 cm³/mol. The second kappa shape index (κ2) is 14.4. The van der Waals surface area contributed by atoms with Crippen LogP contribution in [-0.4, -0.2) is 47.1 Å². The Hall–Kier alpha value is -3.46. The van der Waals surface area contributed by atoms with Crippen LogP contribution in [0.15, 0.2) is 47.5 Å². The lowest BCUT2D eigenvalue weighted by Crippen LogP contribution is -2.51. The molecular weight excluding hydrogens is 528 g/mol. The molecule has 1 unspecified atom stereocenters. The molecule has 1 aliphatic carbocycles. The molecule has 3 N–H and O–H groups in total. The molecule has 2 aromatic rings. The van der Waals surface area contributed by atoms with Crippen LogP contribution in [-0.2, 0) is 20.8 Å². The number of rotatable bonds is 8. The number of nitrogens with two attached hydrogens (primary N) is 1. The zero-order valence-corrected chi connectivity index (χ0v) is 24.8. The van der Waals surface area contributed by atoms with Gasteiger partial charge < -0.3 is 20.5 Å². The largest absolute Gasteiger partial charge is 0.481 e. The van der Waals surface area contributed by atoms with Crippen LogP contribution in [0, 0.1) is 23.0 Å². The number of hydrogen-bond donors (Lipinski definition) is 2. The molecule has 1 spiro atoms. The van der Waals surface area contributed by atoms with Gasteiger partial charge in [-0.1, -0.05) is 51.5 Å². The predicted octanol–water partition coefficient (Wildman–Crippen LogP) is 6.09. The minimum absolute atomic E-state index is 0.0549. The summed E-state index contributed by atoms with van der Waals surface area (Å²) < 4.78 is 28.2. The first-order valence-corrected chi connectivity index (χ1v) is 14.0. The molecule has 2 aliphatic rings. The Morgan fingerprint density at radius 2 is 1.66 bits per heavy atom. The molecule has 0 saturated heterocycles. The molecule has 0 radical (unpaired) electrons. The fraction of sp³-hybridized carbons (Fsp3) is 0.500. The summed E-state index contributed by atoms with van der Waals surface area (Å²) in [4.78, 5) is 39.6. The van der Waals surface area contributed by atoms with E-state index in [2.05, 4.69) is 26.5 Å². The molecule has 7 nitrogen and oxygen atoms in total. The van der Waals surface area contributed by atoms with E-state index in [0.717, 1.165) is 36.5 Å². The molecule has 2 aromatic carbocycles. The lowest BCUT2D eigenvalue weighted by Gasteiger charge is -2.47. The number of carbonyl (C=O) groups is 3. The van der Waals surface area contributed by atoms with Gasteiger partial charge in [0, 0.05) is 18.1 Å². The SMILES string of the molecule is C=O.CCC(C)(C)C1CCC2(CC1)N=C(c1cc(F)cc(F)c1)C(=O)N2C(C)c1ccc(CCC(=O)O)cc1.CN. The topological polar surface area (TPSA) is 113 Å². The Labute approximate surface area is 241 Å². The summed E-state index contributed by atoms with van der Waals surface area (Å²) in [5.74, 6) is -2.13. The highest BCUT2D eigenvalue weighted by molar-refractivity contribution is 6.46. The Kier molecular flexibility index (Phi) is 11.9. The van der Waals surface area contributed by atoms with Gasteiger partial charge in [-0.25, -0.2) is 8.78 Å². The second-order valence-corrected chi connectivity index (χ2v) is 11.2. The average molecular weight is 572 g/mol. The minimum atomic E-state index is -0.845. The van der Waals surface area contributed by atoms with E-state index in [0.29, 0.717) is 25.2 Å². The normalized spacial score (nSPS) is 20.9. The molecule has 1 atom stereocenters. The van der Waals surface area contributed by atoms with E-state index in [-0.39, 0.29) is 35.1 Å². The number of aliphatic imine (C=N–C) groups is 1. The number of nitrogens with zero attached hydrogens (tertiary/aromatic N) is 2. The molecule has 9 heteroatoms. The number of halogens is 2. The molecule has 1 heterocycles. The fourth-order valence-electron chi connectivity index (χ4n) is 5.89. The zero-order chi connectivity index (χ0) is 31.0. The number of aryl methyl sites for hydroxylation is 1. The van der Waals surface area contributed by atoms with Gasteiger partial charge in [-0.05, 0) is 80.7 Å². The maximum Gasteiger partial charge on any atom is 0.303 e. The lowest BCUT2D eigenvalue weighted by atomic mass is 9.67. The van der Waals surface area contributed by atoms with Crippen LogP contribution in [0.3, 0.4) is 0 Å². The van der Waals surface area contributed by atoms with Crippen LogP contribution in [0.5, 0.6) is 0 Å². The Morgan fingerprint density at radius 1 is 1.12 bits per heavy atom. The number of hydrogen-bond acceptors (Lipinski definition) is 5. The Balaban J connectivity index is 0.00000141. The van der Waals surface area contributed by atoms with Crippen LogP contribution in [0.1, 0.15) is 89.0 Å². The molecule has 1 fully saturated rings. The van der Waals surface area contributed by atoms with Crippen molar-refractivity contribution in [3.05, 3.63) is 70.8 Å². The molecule has 1 amide bonds. The fourth-order valence-corrected chi connectivity index (χ4v) is 5.89. The van der Waals surface area contributed by atoms with Gasteiger partial charge in [-0.15, -0.1) is 0 Å². The molecule has 4 rings (SSSR count). The van der Waals surface area contributed by atoms with Crippen molar-refractivity contribution in [2.24, 2.45) is 22.1 Å². The molecule has 0 bridgehead atoms. The maximum absolute atomic E-state index is 14.1. The Bertz CT molecular complexity index is 1200. The van der Waals surface area contributed by atoms with E-state index in [1.165, 1.54) is 19.2 Å². The average Bonchev–Trinajstić information content (AvgIpc) is 3.24. The van der Waals surface area contributed by atoms with E-state index >= 15 is 0 Å². The minimum Gasteiger partial charge on any atom is -0.481 e. The summed E-state index contributed by atoms with van der Waals surface area (Å²) in [5, 5.41) is 8.96. The molecule has 1 aliphatic heterocycles. The standard InChI is InChI=1S/C30H36F2N2O3.CH5N.CH2O/c1-5-29(3,4)23-12-14-30(15-13-23)33-27(22-16-24(31)18-25(32)17-22)28(37)34(30)19(2)21-9-6-20(7-10-21)8-11-26(35)36;2*1-2/h6-7,9-10,16-19,23H,5,8,11-15H2,1-4H3,(H,35,36);2H2,1H3;1H2. The molecule has 224 valence electrons. The van der Waals surface area contributed by atoms with E-state index in [1.54, 1.807) is 0 Å². The summed E-state index contributed by atoms with van der Waals surface area (Å²) in [5.41, 5.74) is 6.01. The first-order chi connectivity index (χ1) is 19.5. The van der Waals surface area contributed by atoms with Crippen molar-refractivity contribution in [2.75, 3.05) is 7.05 Å². The third-order valence-electron chi connectivity index (χ3n) is 8.61. The lowest BCUT2D eigenvalue weighted by molar-refractivity contribution is -0.137. The van der Waals surface area contributed by atoms with E-state index in [4.69, 9.17) is 14.9 Å².